The molecule has 2 rings (SSSR count). The number of hydrogen-bond donors (Lipinski definition) is 1. The van der Waals surface area contributed by atoms with Crippen LogP contribution in [0.5, 0.6) is 0 Å². The normalized spacial score (nSPS) is 14.1. The molecule has 0 aliphatic rings. The summed E-state index contributed by atoms with van der Waals surface area (Å²) in [7, 11) is 0. The Bertz CT molecular complexity index is 581. The van der Waals surface area contributed by atoms with E-state index in [-0.39, 0.29) is 12.1 Å². The van der Waals surface area contributed by atoms with Crippen LogP contribution in [-0.2, 0) is 0 Å². The molecule has 0 spiro atoms. The van der Waals surface area contributed by atoms with Crippen molar-refractivity contribution in [1.29, 1.82) is 0 Å². The van der Waals surface area contributed by atoms with Gasteiger partial charge in [0, 0.05) is 17.1 Å². The van der Waals surface area contributed by atoms with Gasteiger partial charge in [0.2, 0.25) is 0 Å². The summed E-state index contributed by atoms with van der Waals surface area (Å²) in [5.74, 6) is 0. The van der Waals surface area contributed by atoms with Gasteiger partial charge in [-0.05, 0) is 43.2 Å². The van der Waals surface area contributed by atoms with Gasteiger partial charge in [0.1, 0.15) is 0 Å². The van der Waals surface area contributed by atoms with Crippen molar-refractivity contribution >= 4 is 34.8 Å². The van der Waals surface area contributed by atoms with Gasteiger partial charge in [-0.3, -0.25) is 0 Å². The van der Waals surface area contributed by atoms with Crippen LogP contribution in [0.2, 0.25) is 15.1 Å². The second kappa shape index (κ2) is 6.82. The molecule has 2 aromatic rings. The largest absolute Gasteiger partial charge is 0.304 e. The van der Waals surface area contributed by atoms with Crippen LogP contribution in [0.4, 0.5) is 0 Å². The van der Waals surface area contributed by atoms with Gasteiger partial charge in [0.25, 0.3) is 0 Å². The van der Waals surface area contributed by atoms with E-state index in [1.54, 1.807) is 6.07 Å². The minimum Gasteiger partial charge on any atom is -0.304 e. The van der Waals surface area contributed by atoms with Crippen LogP contribution in [0.25, 0.3) is 0 Å². The lowest BCUT2D eigenvalue weighted by Gasteiger charge is -2.22. The number of rotatable bonds is 4. The quantitative estimate of drug-likeness (QED) is 0.719. The van der Waals surface area contributed by atoms with Crippen molar-refractivity contribution in [2.24, 2.45) is 0 Å². The first-order chi connectivity index (χ1) is 9.49. The molecule has 0 amide bonds. The molecule has 0 fully saturated rings. The van der Waals surface area contributed by atoms with Crippen LogP contribution in [0.3, 0.4) is 0 Å². The molecule has 2 atom stereocenters. The highest BCUT2D eigenvalue weighted by atomic mass is 35.5. The van der Waals surface area contributed by atoms with E-state index in [0.717, 1.165) is 10.6 Å². The fraction of sp³-hybridized carbons (Fsp3) is 0.250. The summed E-state index contributed by atoms with van der Waals surface area (Å²) in [5.41, 5.74) is 2.18. The van der Waals surface area contributed by atoms with Gasteiger partial charge in [-0.1, -0.05) is 59.1 Å². The average molecular weight is 329 g/mol. The summed E-state index contributed by atoms with van der Waals surface area (Å²) in [6.07, 6.45) is 0. The lowest BCUT2D eigenvalue weighted by Crippen LogP contribution is -2.22. The van der Waals surface area contributed by atoms with E-state index in [9.17, 15) is 0 Å². The minimum atomic E-state index is 0.104. The third-order valence-corrected chi connectivity index (χ3v) is 4.40. The van der Waals surface area contributed by atoms with E-state index >= 15 is 0 Å². The third kappa shape index (κ3) is 3.67. The molecule has 0 radical (unpaired) electrons. The van der Waals surface area contributed by atoms with Crippen molar-refractivity contribution < 1.29 is 0 Å². The standard InChI is InChI=1S/C16H16Cl3N/c1-10(12-6-8-13(17)9-7-12)20-11(2)14-4-3-5-15(18)16(14)19/h3-11,20H,1-2H3/t10-,11?/m0/s1. The Labute approximate surface area is 134 Å². The molecule has 1 N–H and O–H groups in total. The molecular weight excluding hydrogens is 313 g/mol. The average Bonchev–Trinajstić information content (AvgIpc) is 2.42. The molecule has 0 heterocycles. The second-order valence-electron chi connectivity index (χ2n) is 4.80. The molecular formula is C16H16Cl3N. The molecule has 0 bridgehead atoms. The first kappa shape index (κ1) is 15.7. The molecule has 2 aromatic carbocycles. The third-order valence-electron chi connectivity index (χ3n) is 3.32. The van der Waals surface area contributed by atoms with Crippen molar-refractivity contribution in [3.63, 3.8) is 0 Å². The smallest absolute Gasteiger partial charge is 0.0639 e. The molecule has 4 heteroatoms. The molecule has 0 aliphatic carbocycles. The molecule has 20 heavy (non-hydrogen) atoms. The van der Waals surface area contributed by atoms with Gasteiger partial charge in [-0.2, -0.15) is 0 Å². The van der Waals surface area contributed by atoms with Crippen LogP contribution >= 0.6 is 34.8 Å². The van der Waals surface area contributed by atoms with Gasteiger partial charge in [0.15, 0.2) is 0 Å². The zero-order valence-electron chi connectivity index (χ0n) is 11.3. The van der Waals surface area contributed by atoms with E-state index in [2.05, 4.69) is 19.2 Å². The van der Waals surface area contributed by atoms with Crippen molar-refractivity contribution in [3.8, 4) is 0 Å². The summed E-state index contributed by atoms with van der Waals surface area (Å²) in [6.45, 7) is 4.18. The fourth-order valence-corrected chi connectivity index (χ4v) is 2.76. The lowest BCUT2D eigenvalue weighted by molar-refractivity contribution is 0.495. The van der Waals surface area contributed by atoms with Gasteiger partial charge in [-0.15, -0.1) is 0 Å². The van der Waals surface area contributed by atoms with Gasteiger partial charge >= 0.3 is 0 Å². The first-order valence-corrected chi connectivity index (χ1v) is 7.58. The van der Waals surface area contributed by atoms with E-state index in [4.69, 9.17) is 34.8 Å². The van der Waals surface area contributed by atoms with Gasteiger partial charge < -0.3 is 5.32 Å². The molecule has 1 unspecified atom stereocenters. The summed E-state index contributed by atoms with van der Waals surface area (Å²) in [6, 6.07) is 13.8. The Kier molecular flexibility index (Phi) is 5.34. The fourth-order valence-electron chi connectivity index (χ4n) is 2.17. The van der Waals surface area contributed by atoms with Crippen LogP contribution in [0.1, 0.15) is 37.1 Å². The van der Waals surface area contributed by atoms with Crippen LogP contribution in [-0.4, -0.2) is 0 Å². The molecule has 0 aliphatic heterocycles. The number of hydrogen-bond acceptors (Lipinski definition) is 1. The maximum atomic E-state index is 6.25. The molecule has 106 valence electrons. The summed E-state index contributed by atoms with van der Waals surface area (Å²) >= 11 is 18.2. The highest BCUT2D eigenvalue weighted by molar-refractivity contribution is 6.42. The van der Waals surface area contributed by atoms with Crippen molar-refractivity contribution in [1.82, 2.24) is 5.32 Å². The summed E-state index contributed by atoms with van der Waals surface area (Å²) in [5, 5.41) is 5.45. The highest BCUT2D eigenvalue weighted by Crippen LogP contribution is 2.31. The number of halogens is 3. The van der Waals surface area contributed by atoms with Crippen LogP contribution in [0, 0.1) is 0 Å². The summed E-state index contributed by atoms with van der Waals surface area (Å²) in [4.78, 5) is 0. The zero-order chi connectivity index (χ0) is 14.7. The highest BCUT2D eigenvalue weighted by Gasteiger charge is 2.15. The van der Waals surface area contributed by atoms with Crippen LogP contribution in [0.15, 0.2) is 42.5 Å². The Balaban J connectivity index is 2.13. The zero-order valence-corrected chi connectivity index (χ0v) is 13.6. The molecule has 0 saturated carbocycles. The maximum Gasteiger partial charge on any atom is 0.0639 e. The predicted molar refractivity (Wildman–Crippen MR) is 87.9 cm³/mol. The monoisotopic (exact) mass is 327 g/mol. The van der Waals surface area contributed by atoms with Crippen molar-refractivity contribution in [3.05, 3.63) is 68.7 Å². The Morgan fingerprint density at radius 3 is 2.15 bits per heavy atom. The molecule has 1 nitrogen and oxygen atoms in total. The van der Waals surface area contributed by atoms with Gasteiger partial charge in [0.05, 0.1) is 10.0 Å². The predicted octanol–water partition coefficient (Wildman–Crippen LogP) is 6.06. The van der Waals surface area contributed by atoms with Crippen molar-refractivity contribution in [2.45, 2.75) is 25.9 Å². The minimum absolute atomic E-state index is 0.104. The Hall–Kier alpha value is -0.730. The van der Waals surface area contributed by atoms with E-state index in [0.29, 0.717) is 10.0 Å². The van der Waals surface area contributed by atoms with Crippen molar-refractivity contribution in [2.75, 3.05) is 0 Å². The Morgan fingerprint density at radius 2 is 1.50 bits per heavy atom. The SMILES string of the molecule is CC(N[C@@H](C)c1ccc(Cl)cc1)c1cccc(Cl)c1Cl. The number of benzene rings is 2. The van der Waals surface area contributed by atoms with E-state index in [1.165, 1.54) is 5.56 Å². The Morgan fingerprint density at radius 1 is 0.850 bits per heavy atom. The van der Waals surface area contributed by atoms with E-state index in [1.807, 2.05) is 36.4 Å². The maximum absolute atomic E-state index is 6.25. The summed E-state index contributed by atoms with van der Waals surface area (Å²) < 4.78 is 0. The molecule has 0 saturated heterocycles. The number of nitrogens with one attached hydrogen (secondary N) is 1. The molecule has 0 aromatic heterocycles. The first-order valence-electron chi connectivity index (χ1n) is 6.44. The topological polar surface area (TPSA) is 12.0 Å². The van der Waals surface area contributed by atoms with Gasteiger partial charge in [-0.25, -0.2) is 0 Å². The lowest BCUT2D eigenvalue weighted by atomic mass is 10.0. The second-order valence-corrected chi connectivity index (χ2v) is 6.03. The van der Waals surface area contributed by atoms with Crippen LogP contribution < -0.4 is 5.32 Å². The van der Waals surface area contributed by atoms with E-state index < -0.39 is 0 Å².